The highest BCUT2D eigenvalue weighted by Crippen LogP contribution is 2.14. The minimum Gasteiger partial charge on any atom is -0.325 e. The fourth-order valence-corrected chi connectivity index (χ4v) is 2.23. The Bertz CT molecular complexity index is 774. The summed E-state index contributed by atoms with van der Waals surface area (Å²) in [7, 11) is 0.335. The van der Waals surface area contributed by atoms with Crippen LogP contribution in [0.2, 0.25) is 0 Å². The molecule has 0 aliphatic heterocycles. The molecule has 0 spiro atoms. The first kappa shape index (κ1) is 14.6. The molecule has 0 saturated heterocycles. The summed E-state index contributed by atoms with van der Waals surface area (Å²) in [5.74, 6) is 0. The van der Waals surface area contributed by atoms with Gasteiger partial charge in [0.25, 0.3) is 5.56 Å². The third-order valence-corrected chi connectivity index (χ3v) is 3.37. The predicted molar refractivity (Wildman–Crippen MR) is 70.6 cm³/mol. The summed E-state index contributed by atoms with van der Waals surface area (Å²) in [6.07, 6.45) is 1.91. The van der Waals surface area contributed by atoms with Crippen molar-refractivity contribution in [1.29, 1.82) is 0 Å². The second-order valence-electron chi connectivity index (χ2n) is 4.24. The van der Waals surface area contributed by atoms with Crippen molar-refractivity contribution in [3.63, 3.8) is 0 Å². The monoisotopic (exact) mass is 301 g/mol. The normalized spacial score (nSPS) is 12.1. The van der Waals surface area contributed by atoms with Gasteiger partial charge in [0, 0.05) is 25.2 Å². The van der Waals surface area contributed by atoms with E-state index in [2.05, 4.69) is 9.51 Å². The lowest BCUT2D eigenvalue weighted by Crippen LogP contribution is -2.37. The number of aromatic nitrogens is 4. The minimum atomic E-state index is -2.61. The second kappa shape index (κ2) is 5.66. The van der Waals surface area contributed by atoms with Gasteiger partial charge < -0.3 is 4.57 Å². The molecule has 1 N–H and O–H groups in total. The predicted octanol–water partition coefficient (Wildman–Crippen LogP) is -0.510. The third kappa shape index (κ3) is 2.55. The zero-order valence-corrected chi connectivity index (χ0v) is 11.9. The van der Waals surface area contributed by atoms with Gasteiger partial charge in [-0.05, 0) is 6.42 Å². The highest BCUT2D eigenvalue weighted by molar-refractivity contribution is 7.32. The lowest BCUT2D eigenvalue weighted by Gasteiger charge is -2.05. The van der Waals surface area contributed by atoms with E-state index in [0.29, 0.717) is 24.1 Å². The van der Waals surface area contributed by atoms with Crippen LogP contribution in [0.5, 0.6) is 0 Å². The highest BCUT2D eigenvalue weighted by Gasteiger charge is 2.15. The van der Waals surface area contributed by atoms with Crippen LogP contribution >= 0.6 is 8.25 Å². The van der Waals surface area contributed by atoms with Crippen molar-refractivity contribution < 1.29 is 14.0 Å². The molecule has 0 aliphatic rings. The Hall–Kier alpha value is -1.83. The molecule has 9 nitrogen and oxygen atoms in total. The van der Waals surface area contributed by atoms with Gasteiger partial charge in [-0.1, -0.05) is 0 Å². The van der Waals surface area contributed by atoms with Crippen LogP contribution in [-0.2, 0) is 29.7 Å². The molecular weight excluding hydrogens is 287 g/mol. The van der Waals surface area contributed by atoms with Gasteiger partial charge in [0.05, 0.1) is 6.33 Å². The van der Waals surface area contributed by atoms with Gasteiger partial charge in [-0.15, -0.1) is 9.42 Å². The number of aryl methyl sites for hydroxylation is 2. The Morgan fingerprint density at radius 2 is 2.05 bits per heavy atom. The highest BCUT2D eigenvalue weighted by atomic mass is 31.1. The number of hydrogen-bond acceptors (Lipinski definition) is 5. The zero-order valence-electron chi connectivity index (χ0n) is 11.0. The van der Waals surface area contributed by atoms with E-state index < -0.39 is 19.5 Å². The van der Waals surface area contributed by atoms with E-state index in [9.17, 15) is 14.2 Å². The summed E-state index contributed by atoms with van der Waals surface area (Å²) in [4.78, 5) is 36.4. The van der Waals surface area contributed by atoms with E-state index in [4.69, 9.17) is 4.89 Å². The Morgan fingerprint density at radius 3 is 2.70 bits per heavy atom. The van der Waals surface area contributed by atoms with Crippen molar-refractivity contribution >= 4 is 19.4 Å². The Morgan fingerprint density at radius 1 is 1.35 bits per heavy atom. The summed E-state index contributed by atoms with van der Waals surface area (Å²) in [6.45, 7) is 0.491. The molecule has 0 aromatic carbocycles. The zero-order chi connectivity index (χ0) is 14.9. The van der Waals surface area contributed by atoms with Gasteiger partial charge in [0.1, 0.15) is 6.61 Å². The summed E-state index contributed by atoms with van der Waals surface area (Å²) in [5, 5.41) is 0. The minimum absolute atomic E-state index is 0.0947. The average molecular weight is 301 g/mol. The molecule has 2 aromatic heterocycles. The summed E-state index contributed by atoms with van der Waals surface area (Å²) in [5.41, 5.74) is -0.224. The van der Waals surface area contributed by atoms with Gasteiger partial charge in [0.15, 0.2) is 11.2 Å². The van der Waals surface area contributed by atoms with Gasteiger partial charge in [-0.3, -0.25) is 13.9 Å². The first-order chi connectivity index (χ1) is 9.43. The topological polar surface area (TPSA) is 108 Å². The quantitative estimate of drug-likeness (QED) is 0.588. The third-order valence-electron chi connectivity index (χ3n) is 2.96. The van der Waals surface area contributed by atoms with Crippen LogP contribution in [0.3, 0.4) is 0 Å². The maximum absolute atomic E-state index is 12.1. The van der Waals surface area contributed by atoms with Crippen molar-refractivity contribution in [3.05, 3.63) is 27.2 Å². The second-order valence-corrected chi connectivity index (χ2v) is 4.97. The molecule has 0 amide bonds. The van der Waals surface area contributed by atoms with E-state index in [-0.39, 0.29) is 6.61 Å². The van der Waals surface area contributed by atoms with Crippen LogP contribution in [0.25, 0.3) is 11.2 Å². The maximum atomic E-state index is 12.1. The lowest BCUT2D eigenvalue weighted by atomic mass is 10.4. The molecular formula is C10H14N4O5P+. The summed E-state index contributed by atoms with van der Waals surface area (Å²) in [6, 6.07) is 0. The van der Waals surface area contributed by atoms with Crippen molar-refractivity contribution in [2.24, 2.45) is 14.1 Å². The lowest BCUT2D eigenvalue weighted by molar-refractivity contribution is 0.272. The van der Waals surface area contributed by atoms with E-state index in [1.54, 1.807) is 11.6 Å². The Kier molecular flexibility index (Phi) is 4.12. The molecule has 0 bridgehead atoms. The Balaban J connectivity index is 2.35. The van der Waals surface area contributed by atoms with Crippen molar-refractivity contribution in [3.8, 4) is 0 Å². The van der Waals surface area contributed by atoms with Crippen molar-refractivity contribution in [1.82, 2.24) is 18.7 Å². The number of hydrogen-bond donors (Lipinski definition) is 1. The van der Waals surface area contributed by atoms with Crippen molar-refractivity contribution in [2.75, 3.05) is 6.61 Å². The maximum Gasteiger partial charge on any atom is 0.694 e. The standard InChI is InChI=1S/C10H13N4O5P/c1-12-8-7(9(15)13(2)10(12)16)14(6-11-8)4-3-5-19-20(17)18/h6H,3-5H2,1-2H3/p+1. The smallest absolute Gasteiger partial charge is 0.325 e. The SMILES string of the molecule is Cn1c(=O)c2c(ncn2CCCO[P+](=O)O)n(C)c1=O. The van der Waals surface area contributed by atoms with Crippen LogP contribution in [0.4, 0.5) is 0 Å². The molecule has 1 unspecified atom stereocenters. The van der Waals surface area contributed by atoms with Gasteiger partial charge in [-0.25, -0.2) is 9.78 Å². The molecule has 2 heterocycles. The molecule has 1 atom stereocenters. The molecule has 10 heteroatoms. The molecule has 0 saturated carbocycles. The van der Waals surface area contributed by atoms with E-state index in [1.165, 1.54) is 17.9 Å². The van der Waals surface area contributed by atoms with Gasteiger partial charge in [0.2, 0.25) is 0 Å². The molecule has 108 valence electrons. The van der Waals surface area contributed by atoms with Crippen molar-refractivity contribution in [2.45, 2.75) is 13.0 Å². The largest absolute Gasteiger partial charge is 0.694 e. The van der Waals surface area contributed by atoms with Gasteiger partial charge >= 0.3 is 13.9 Å². The average Bonchev–Trinajstić information content (AvgIpc) is 2.82. The number of imidazole rings is 1. The number of fused-ring (bicyclic) bond motifs is 1. The van der Waals surface area contributed by atoms with E-state index >= 15 is 0 Å². The van der Waals surface area contributed by atoms with Crippen LogP contribution in [-0.4, -0.2) is 30.2 Å². The van der Waals surface area contributed by atoms with E-state index in [1.807, 2.05) is 0 Å². The first-order valence-electron chi connectivity index (χ1n) is 5.83. The van der Waals surface area contributed by atoms with Crippen LogP contribution in [0.15, 0.2) is 15.9 Å². The summed E-state index contributed by atoms with van der Waals surface area (Å²) >= 11 is 0. The molecule has 2 aromatic rings. The Labute approximate surface area is 114 Å². The molecule has 2 rings (SSSR count). The molecule has 0 radical (unpaired) electrons. The van der Waals surface area contributed by atoms with Crippen LogP contribution in [0, 0.1) is 0 Å². The molecule has 0 fully saturated rings. The molecule has 20 heavy (non-hydrogen) atoms. The number of nitrogens with zero attached hydrogens (tertiary/aromatic N) is 4. The summed E-state index contributed by atoms with van der Waals surface area (Å²) < 4.78 is 18.8. The molecule has 0 aliphatic carbocycles. The van der Waals surface area contributed by atoms with E-state index in [0.717, 1.165) is 4.57 Å². The fraction of sp³-hybridized carbons (Fsp3) is 0.500. The number of rotatable bonds is 5. The van der Waals surface area contributed by atoms with Crippen LogP contribution in [0.1, 0.15) is 6.42 Å². The van der Waals surface area contributed by atoms with Gasteiger partial charge in [-0.2, -0.15) is 0 Å². The fourth-order valence-electron chi connectivity index (χ4n) is 1.94. The first-order valence-corrected chi connectivity index (χ1v) is 6.96. The van der Waals surface area contributed by atoms with Crippen LogP contribution < -0.4 is 11.2 Å².